The molecule has 1 aliphatic heterocycles. The van der Waals surface area contributed by atoms with Gasteiger partial charge >= 0.3 is 0 Å². The minimum Gasteiger partial charge on any atom is -0.311 e. The van der Waals surface area contributed by atoms with E-state index in [0.29, 0.717) is 12.1 Å². The number of nitrogens with zero attached hydrogens (tertiary/aromatic N) is 1. The van der Waals surface area contributed by atoms with Gasteiger partial charge in [0.05, 0.1) is 6.54 Å². The van der Waals surface area contributed by atoms with Gasteiger partial charge in [-0.1, -0.05) is 19.8 Å². The lowest BCUT2D eigenvalue weighted by molar-refractivity contribution is 0.207. The highest BCUT2D eigenvalue weighted by molar-refractivity contribution is 4.90. The van der Waals surface area contributed by atoms with Crippen molar-refractivity contribution >= 4 is 0 Å². The second kappa shape index (κ2) is 6.87. The molecule has 0 amide bonds. The van der Waals surface area contributed by atoms with Gasteiger partial charge in [-0.3, -0.25) is 4.90 Å². The molecule has 86 valence electrons. The first kappa shape index (κ1) is 12.5. The molecule has 0 atom stereocenters. The van der Waals surface area contributed by atoms with Crippen LogP contribution in [-0.4, -0.2) is 36.6 Å². The van der Waals surface area contributed by atoms with Crippen LogP contribution in [0.2, 0.25) is 0 Å². The van der Waals surface area contributed by atoms with Gasteiger partial charge in [-0.15, -0.1) is 6.42 Å². The van der Waals surface area contributed by atoms with E-state index in [1.807, 2.05) is 0 Å². The van der Waals surface area contributed by atoms with Gasteiger partial charge in [0.25, 0.3) is 0 Å². The minimum absolute atomic E-state index is 0.703. The fraction of sp³-hybridized carbons (Fsp3) is 0.846. The molecule has 1 saturated heterocycles. The van der Waals surface area contributed by atoms with E-state index in [-0.39, 0.29) is 0 Å². The van der Waals surface area contributed by atoms with Gasteiger partial charge < -0.3 is 5.32 Å². The molecule has 2 heteroatoms. The first-order valence-corrected chi connectivity index (χ1v) is 6.22. The van der Waals surface area contributed by atoms with Crippen molar-refractivity contribution in [1.29, 1.82) is 0 Å². The van der Waals surface area contributed by atoms with E-state index in [0.717, 1.165) is 19.6 Å². The van der Waals surface area contributed by atoms with E-state index in [1.54, 1.807) is 0 Å². The molecule has 2 nitrogen and oxygen atoms in total. The highest BCUT2D eigenvalue weighted by Crippen LogP contribution is 2.11. The van der Waals surface area contributed by atoms with Crippen LogP contribution in [0.3, 0.4) is 0 Å². The fourth-order valence-corrected chi connectivity index (χ4v) is 2.24. The molecular formula is C13H24N2. The Balaban J connectivity index is 2.22. The summed E-state index contributed by atoms with van der Waals surface area (Å²) in [5.74, 6) is 2.72. The zero-order valence-corrected chi connectivity index (χ0v) is 10.1. The van der Waals surface area contributed by atoms with Gasteiger partial charge in [-0.05, 0) is 25.7 Å². The van der Waals surface area contributed by atoms with Gasteiger partial charge in [0.15, 0.2) is 0 Å². The number of nitrogens with one attached hydrogen (secondary N) is 1. The number of rotatable bonds is 5. The molecular weight excluding hydrogens is 184 g/mol. The van der Waals surface area contributed by atoms with Crippen LogP contribution in [0.15, 0.2) is 0 Å². The normalized spacial score (nSPS) is 19.3. The van der Waals surface area contributed by atoms with Gasteiger partial charge in [0.1, 0.15) is 0 Å². The van der Waals surface area contributed by atoms with Crippen molar-refractivity contribution in [2.24, 2.45) is 0 Å². The fourth-order valence-electron chi connectivity index (χ4n) is 2.24. The summed E-state index contributed by atoms with van der Waals surface area (Å²) < 4.78 is 0. The van der Waals surface area contributed by atoms with Crippen LogP contribution in [-0.2, 0) is 0 Å². The lowest BCUT2D eigenvalue weighted by Gasteiger charge is -2.33. The van der Waals surface area contributed by atoms with Crippen LogP contribution in [0, 0.1) is 12.3 Å². The van der Waals surface area contributed by atoms with Crippen molar-refractivity contribution in [3.63, 3.8) is 0 Å². The maximum Gasteiger partial charge on any atom is 0.0598 e. The molecule has 1 N–H and O–H groups in total. The van der Waals surface area contributed by atoms with Crippen LogP contribution in [0.4, 0.5) is 0 Å². The van der Waals surface area contributed by atoms with E-state index >= 15 is 0 Å². The molecule has 0 aromatic rings. The highest BCUT2D eigenvalue weighted by Gasteiger charge is 2.19. The Bertz CT molecular complexity index is 195. The van der Waals surface area contributed by atoms with Crippen molar-refractivity contribution in [2.75, 3.05) is 19.6 Å². The van der Waals surface area contributed by atoms with E-state index in [4.69, 9.17) is 6.42 Å². The summed E-state index contributed by atoms with van der Waals surface area (Å²) in [6, 6.07) is 1.41. The van der Waals surface area contributed by atoms with Gasteiger partial charge in [-0.25, -0.2) is 0 Å². The standard InChI is InChI=1S/C13H24N2/c1-4-9-15-10-7-13(8-11-15)14-12(5-2)6-3/h1,12-14H,5-11H2,2-3H3. The van der Waals surface area contributed by atoms with Crippen molar-refractivity contribution in [1.82, 2.24) is 10.2 Å². The average molecular weight is 208 g/mol. The second-order valence-electron chi connectivity index (χ2n) is 4.43. The predicted octanol–water partition coefficient (Wildman–Crippen LogP) is 1.86. The van der Waals surface area contributed by atoms with Crippen LogP contribution in [0.25, 0.3) is 0 Å². The molecule has 1 rings (SSSR count). The lowest BCUT2D eigenvalue weighted by Crippen LogP contribution is -2.45. The number of hydrogen-bond donors (Lipinski definition) is 1. The Hall–Kier alpha value is -0.520. The highest BCUT2D eigenvalue weighted by atomic mass is 15.1. The quantitative estimate of drug-likeness (QED) is 0.694. The Morgan fingerprint density at radius 3 is 2.40 bits per heavy atom. The summed E-state index contributed by atoms with van der Waals surface area (Å²) >= 11 is 0. The molecule has 0 aromatic carbocycles. The third kappa shape index (κ3) is 4.24. The molecule has 1 aliphatic rings. The molecule has 0 saturated carbocycles. The Labute approximate surface area is 94.4 Å². The first-order chi connectivity index (χ1) is 7.30. The van der Waals surface area contributed by atoms with Gasteiger partial charge in [0, 0.05) is 25.2 Å². The number of terminal acetylenes is 1. The molecule has 0 aromatic heterocycles. The first-order valence-electron chi connectivity index (χ1n) is 6.22. The predicted molar refractivity (Wildman–Crippen MR) is 65.8 cm³/mol. The zero-order chi connectivity index (χ0) is 11.1. The maximum atomic E-state index is 5.31. The molecule has 0 unspecified atom stereocenters. The second-order valence-corrected chi connectivity index (χ2v) is 4.43. The van der Waals surface area contributed by atoms with E-state index in [1.165, 1.54) is 25.7 Å². The largest absolute Gasteiger partial charge is 0.311 e. The van der Waals surface area contributed by atoms with E-state index in [2.05, 4.69) is 30.0 Å². The zero-order valence-electron chi connectivity index (χ0n) is 10.1. The van der Waals surface area contributed by atoms with Crippen molar-refractivity contribution in [3.05, 3.63) is 0 Å². The van der Waals surface area contributed by atoms with Crippen LogP contribution in [0.1, 0.15) is 39.5 Å². The van der Waals surface area contributed by atoms with Crippen LogP contribution < -0.4 is 5.32 Å². The van der Waals surface area contributed by atoms with Crippen molar-refractivity contribution in [3.8, 4) is 12.3 Å². The molecule has 0 radical (unpaired) electrons. The van der Waals surface area contributed by atoms with Crippen molar-refractivity contribution < 1.29 is 0 Å². The Kier molecular flexibility index (Phi) is 5.75. The average Bonchev–Trinajstić information content (AvgIpc) is 2.28. The Morgan fingerprint density at radius 2 is 1.93 bits per heavy atom. The monoisotopic (exact) mass is 208 g/mol. The van der Waals surface area contributed by atoms with Crippen LogP contribution in [0.5, 0.6) is 0 Å². The summed E-state index contributed by atoms with van der Waals surface area (Å²) in [7, 11) is 0. The summed E-state index contributed by atoms with van der Waals surface area (Å²) in [4.78, 5) is 2.37. The summed E-state index contributed by atoms with van der Waals surface area (Å²) in [5, 5.41) is 3.74. The minimum atomic E-state index is 0.703. The third-order valence-electron chi connectivity index (χ3n) is 3.36. The van der Waals surface area contributed by atoms with E-state index < -0.39 is 0 Å². The third-order valence-corrected chi connectivity index (χ3v) is 3.36. The molecule has 0 spiro atoms. The molecule has 15 heavy (non-hydrogen) atoms. The van der Waals surface area contributed by atoms with Gasteiger partial charge in [0.2, 0.25) is 0 Å². The number of hydrogen-bond acceptors (Lipinski definition) is 2. The van der Waals surface area contributed by atoms with Crippen LogP contribution >= 0.6 is 0 Å². The Morgan fingerprint density at radius 1 is 1.33 bits per heavy atom. The number of likely N-dealkylation sites (tertiary alicyclic amines) is 1. The summed E-state index contributed by atoms with van der Waals surface area (Å²) in [6.07, 6.45) is 10.3. The van der Waals surface area contributed by atoms with Crippen molar-refractivity contribution in [2.45, 2.75) is 51.6 Å². The molecule has 0 bridgehead atoms. The van der Waals surface area contributed by atoms with Gasteiger partial charge in [-0.2, -0.15) is 0 Å². The summed E-state index contributed by atoms with van der Waals surface area (Å²) in [6.45, 7) is 7.64. The van der Waals surface area contributed by atoms with E-state index in [9.17, 15) is 0 Å². The number of piperidine rings is 1. The molecule has 0 aliphatic carbocycles. The smallest absolute Gasteiger partial charge is 0.0598 e. The SMILES string of the molecule is C#CCN1CCC(NC(CC)CC)CC1. The maximum absolute atomic E-state index is 5.31. The summed E-state index contributed by atoms with van der Waals surface area (Å²) in [5.41, 5.74) is 0. The molecule has 1 fully saturated rings. The topological polar surface area (TPSA) is 15.3 Å². The molecule has 1 heterocycles. The lowest BCUT2D eigenvalue weighted by atomic mass is 10.0.